The molecule has 208 valence electrons. The lowest BCUT2D eigenvalue weighted by atomic mass is 10.0. The summed E-state index contributed by atoms with van der Waals surface area (Å²) in [6.45, 7) is 4.10. The van der Waals surface area contributed by atoms with E-state index in [0.717, 1.165) is 40.1 Å². The molecule has 0 aliphatic rings. The van der Waals surface area contributed by atoms with Gasteiger partial charge in [-0.05, 0) is 53.8 Å². The highest BCUT2D eigenvalue weighted by molar-refractivity contribution is 7.92. The van der Waals surface area contributed by atoms with Gasteiger partial charge in [0.25, 0.3) is 0 Å². The van der Waals surface area contributed by atoms with Gasteiger partial charge in [-0.2, -0.15) is 0 Å². The molecule has 2 amide bonds. The van der Waals surface area contributed by atoms with Crippen LogP contribution in [0.5, 0.6) is 0 Å². The first-order valence-electron chi connectivity index (χ1n) is 13.0. The number of benzene rings is 3. The van der Waals surface area contributed by atoms with Crippen LogP contribution >= 0.6 is 11.6 Å². The van der Waals surface area contributed by atoms with E-state index in [1.165, 1.54) is 4.90 Å². The standard InChI is InChI=1S/C30H36ClN3O4S/c1-4-19-32-30(36)28(20-24-9-7-6-8-10-24)33(21-25-11-15-26(31)16-12-25)29(35)22-34(39(3,37)38)27-17-13-23(5-2)14-18-27/h6-18,28H,4-5,19-22H2,1-3H3,(H,32,36)/t28-/m0/s1. The minimum Gasteiger partial charge on any atom is -0.354 e. The van der Waals surface area contributed by atoms with E-state index in [1.807, 2.05) is 56.3 Å². The summed E-state index contributed by atoms with van der Waals surface area (Å²) in [5, 5.41) is 3.48. The molecule has 9 heteroatoms. The van der Waals surface area contributed by atoms with Crippen molar-refractivity contribution >= 4 is 39.1 Å². The quantitative estimate of drug-likeness (QED) is 0.319. The number of nitrogens with one attached hydrogen (secondary N) is 1. The zero-order valence-electron chi connectivity index (χ0n) is 22.6. The van der Waals surface area contributed by atoms with Crippen molar-refractivity contribution in [2.45, 2.75) is 45.7 Å². The summed E-state index contributed by atoms with van der Waals surface area (Å²) in [6.07, 6.45) is 2.90. The predicted molar refractivity (Wildman–Crippen MR) is 157 cm³/mol. The highest BCUT2D eigenvalue weighted by Crippen LogP contribution is 2.21. The van der Waals surface area contributed by atoms with Crippen LogP contribution in [0.3, 0.4) is 0 Å². The van der Waals surface area contributed by atoms with Gasteiger partial charge in [-0.1, -0.05) is 80.0 Å². The Morgan fingerprint density at radius 1 is 0.872 bits per heavy atom. The van der Waals surface area contributed by atoms with E-state index in [1.54, 1.807) is 36.4 Å². The van der Waals surface area contributed by atoms with Gasteiger partial charge >= 0.3 is 0 Å². The molecule has 3 aromatic rings. The van der Waals surface area contributed by atoms with Gasteiger partial charge in [-0.3, -0.25) is 13.9 Å². The number of rotatable bonds is 13. The van der Waals surface area contributed by atoms with Crippen molar-refractivity contribution in [3.63, 3.8) is 0 Å². The molecule has 0 unspecified atom stereocenters. The normalized spacial score (nSPS) is 12.0. The Bertz CT molecular complexity index is 1330. The SMILES string of the molecule is CCCNC(=O)[C@H](Cc1ccccc1)N(Cc1ccc(Cl)cc1)C(=O)CN(c1ccc(CC)cc1)S(C)(=O)=O. The van der Waals surface area contributed by atoms with E-state index < -0.39 is 28.5 Å². The number of aryl methyl sites for hydroxylation is 1. The predicted octanol–water partition coefficient (Wildman–Crippen LogP) is 4.83. The largest absolute Gasteiger partial charge is 0.354 e. The number of amides is 2. The minimum absolute atomic E-state index is 0.111. The maximum absolute atomic E-state index is 14.0. The van der Waals surface area contributed by atoms with Gasteiger partial charge in [0.15, 0.2) is 0 Å². The molecule has 3 aromatic carbocycles. The van der Waals surface area contributed by atoms with Gasteiger partial charge < -0.3 is 10.2 Å². The highest BCUT2D eigenvalue weighted by atomic mass is 35.5. The summed E-state index contributed by atoms with van der Waals surface area (Å²) in [5.74, 6) is -0.774. The number of hydrogen-bond donors (Lipinski definition) is 1. The average molecular weight is 570 g/mol. The maximum Gasteiger partial charge on any atom is 0.244 e. The minimum atomic E-state index is -3.80. The fourth-order valence-corrected chi connectivity index (χ4v) is 5.19. The van der Waals surface area contributed by atoms with Gasteiger partial charge in [-0.25, -0.2) is 8.42 Å². The molecular weight excluding hydrogens is 534 g/mol. The lowest BCUT2D eigenvalue weighted by Crippen LogP contribution is -2.53. The molecule has 0 aromatic heterocycles. The third-order valence-electron chi connectivity index (χ3n) is 6.40. The van der Waals surface area contributed by atoms with Crippen molar-refractivity contribution in [3.8, 4) is 0 Å². The molecule has 3 rings (SSSR count). The van der Waals surface area contributed by atoms with Crippen molar-refractivity contribution in [2.24, 2.45) is 0 Å². The van der Waals surface area contributed by atoms with Crippen molar-refractivity contribution in [3.05, 3.63) is 101 Å². The Morgan fingerprint density at radius 3 is 2.05 bits per heavy atom. The topological polar surface area (TPSA) is 86.8 Å². The van der Waals surface area contributed by atoms with E-state index in [2.05, 4.69) is 5.32 Å². The van der Waals surface area contributed by atoms with Crippen LogP contribution in [0.1, 0.15) is 37.0 Å². The van der Waals surface area contributed by atoms with Gasteiger partial charge in [-0.15, -0.1) is 0 Å². The van der Waals surface area contributed by atoms with E-state index in [4.69, 9.17) is 11.6 Å². The summed E-state index contributed by atoms with van der Waals surface area (Å²) in [4.78, 5) is 28.9. The molecule has 1 atom stereocenters. The Morgan fingerprint density at radius 2 is 1.49 bits per heavy atom. The summed E-state index contributed by atoms with van der Waals surface area (Å²) in [6, 6.07) is 22.7. The third-order valence-corrected chi connectivity index (χ3v) is 7.79. The molecule has 1 N–H and O–H groups in total. The van der Waals surface area contributed by atoms with E-state index >= 15 is 0 Å². The van der Waals surface area contributed by atoms with Gasteiger partial charge in [0.2, 0.25) is 21.8 Å². The number of sulfonamides is 1. The van der Waals surface area contributed by atoms with Crippen LogP contribution in [0.2, 0.25) is 5.02 Å². The Labute approximate surface area is 236 Å². The van der Waals surface area contributed by atoms with E-state index in [0.29, 0.717) is 17.3 Å². The number of carbonyl (C=O) groups is 2. The molecule has 0 saturated heterocycles. The van der Waals surface area contributed by atoms with Crippen molar-refractivity contribution in [2.75, 3.05) is 23.7 Å². The van der Waals surface area contributed by atoms with Crippen LogP contribution in [-0.4, -0.2) is 50.5 Å². The lowest BCUT2D eigenvalue weighted by Gasteiger charge is -2.33. The summed E-state index contributed by atoms with van der Waals surface area (Å²) >= 11 is 6.08. The Hall–Kier alpha value is -3.36. The summed E-state index contributed by atoms with van der Waals surface area (Å²) in [5.41, 5.74) is 3.11. The second kappa shape index (κ2) is 14.1. The third kappa shape index (κ3) is 8.83. The number of carbonyl (C=O) groups excluding carboxylic acids is 2. The lowest BCUT2D eigenvalue weighted by molar-refractivity contribution is -0.140. The molecule has 7 nitrogen and oxygen atoms in total. The summed E-state index contributed by atoms with van der Waals surface area (Å²) < 4.78 is 26.8. The van der Waals surface area contributed by atoms with Gasteiger partial charge in [0.1, 0.15) is 12.6 Å². The molecule has 0 spiro atoms. The number of nitrogens with zero attached hydrogens (tertiary/aromatic N) is 2. The first kappa shape index (κ1) is 30.2. The molecular formula is C30H36ClN3O4S. The van der Waals surface area contributed by atoms with Gasteiger partial charge in [0, 0.05) is 24.5 Å². The number of hydrogen-bond acceptors (Lipinski definition) is 4. The van der Waals surface area contributed by atoms with Crippen molar-refractivity contribution < 1.29 is 18.0 Å². The Balaban J connectivity index is 2.02. The highest BCUT2D eigenvalue weighted by Gasteiger charge is 2.32. The smallest absolute Gasteiger partial charge is 0.244 e. The zero-order valence-corrected chi connectivity index (χ0v) is 24.2. The molecule has 0 aliphatic carbocycles. The van der Waals surface area contributed by atoms with Gasteiger partial charge in [0.05, 0.1) is 11.9 Å². The molecule has 0 aliphatic heterocycles. The summed E-state index contributed by atoms with van der Waals surface area (Å²) in [7, 11) is -3.80. The van der Waals surface area contributed by atoms with Crippen LogP contribution in [0, 0.1) is 0 Å². The fraction of sp³-hybridized carbons (Fsp3) is 0.333. The van der Waals surface area contributed by atoms with E-state index in [-0.39, 0.29) is 18.9 Å². The zero-order chi connectivity index (χ0) is 28.4. The van der Waals surface area contributed by atoms with Crippen molar-refractivity contribution in [1.82, 2.24) is 10.2 Å². The Kier molecular flexibility index (Phi) is 10.9. The molecule has 0 bridgehead atoms. The van der Waals surface area contributed by atoms with Crippen LogP contribution < -0.4 is 9.62 Å². The molecule has 0 fully saturated rings. The average Bonchev–Trinajstić information content (AvgIpc) is 2.93. The molecule has 0 saturated carbocycles. The monoisotopic (exact) mass is 569 g/mol. The number of anilines is 1. The second-order valence-corrected chi connectivity index (χ2v) is 11.8. The first-order valence-corrected chi connectivity index (χ1v) is 15.3. The fourth-order valence-electron chi connectivity index (χ4n) is 4.22. The molecule has 39 heavy (non-hydrogen) atoms. The second-order valence-electron chi connectivity index (χ2n) is 9.43. The first-order chi connectivity index (χ1) is 18.6. The van der Waals surface area contributed by atoms with E-state index in [9.17, 15) is 18.0 Å². The van der Waals surface area contributed by atoms with Crippen LogP contribution in [-0.2, 0) is 39.0 Å². The molecule has 0 radical (unpaired) electrons. The van der Waals surface area contributed by atoms with Crippen LogP contribution in [0.15, 0.2) is 78.9 Å². The number of halogens is 1. The maximum atomic E-state index is 14.0. The van der Waals surface area contributed by atoms with Crippen LogP contribution in [0.25, 0.3) is 0 Å². The van der Waals surface area contributed by atoms with Crippen LogP contribution in [0.4, 0.5) is 5.69 Å². The molecule has 0 heterocycles. The van der Waals surface area contributed by atoms with Crippen molar-refractivity contribution in [1.29, 1.82) is 0 Å².